The summed E-state index contributed by atoms with van der Waals surface area (Å²) in [5.74, 6) is 0. The number of rotatable bonds is 14. The van der Waals surface area contributed by atoms with Crippen LogP contribution in [0.4, 0.5) is 0 Å². The van der Waals surface area contributed by atoms with Crippen LogP contribution in [0.1, 0.15) is 40.0 Å². The van der Waals surface area contributed by atoms with Crippen LogP contribution in [0.25, 0.3) is 0 Å². The SMILES string of the molecule is CCC[O][Ti]([O]CCC)([O]CCC)[O][Si](c1ccccc1)(c1ccccc1)c1ccccc1. The molecule has 6 heteroatoms. The van der Waals surface area contributed by atoms with E-state index in [1.54, 1.807) is 0 Å². The van der Waals surface area contributed by atoms with E-state index in [-0.39, 0.29) is 0 Å². The molecule has 3 aromatic rings. The third kappa shape index (κ3) is 6.52. The third-order valence-electron chi connectivity index (χ3n) is 5.27. The topological polar surface area (TPSA) is 36.9 Å². The maximum atomic E-state index is 7.35. The molecule has 0 spiro atoms. The predicted molar refractivity (Wildman–Crippen MR) is 134 cm³/mol. The van der Waals surface area contributed by atoms with Gasteiger partial charge in [-0.3, -0.25) is 0 Å². The van der Waals surface area contributed by atoms with Crippen molar-refractivity contribution < 1.29 is 31.1 Å². The molecule has 0 aliphatic rings. The van der Waals surface area contributed by atoms with Gasteiger partial charge in [0.05, 0.1) is 0 Å². The van der Waals surface area contributed by atoms with Crippen molar-refractivity contribution in [3.05, 3.63) is 91.0 Å². The van der Waals surface area contributed by atoms with E-state index in [0.717, 1.165) is 34.8 Å². The van der Waals surface area contributed by atoms with Crippen LogP contribution in [0.3, 0.4) is 0 Å². The minimum atomic E-state index is -4.14. The number of hydrogen-bond acceptors (Lipinski definition) is 4. The molecule has 33 heavy (non-hydrogen) atoms. The number of hydrogen-bond donors (Lipinski definition) is 0. The summed E-state index contributed by atoms with van der Waals surface area (Å²) < 4.78 is 26.7. The molecule has 0 unspecified atom stereocenters. The Morgan fingerprint density at radius 1 is 0.515 bits per heavy atom. The Bertz CT molecular complexity index is 806. The Morgan fingerprint density at radius 2 is 0.818 bits per heavy atom. The summed E-state index contributed by atoms with van der Waals surface area (Å²) in [5.41, 5.74) is 0. The van der Waals surface area contributed by atoms with Crippen molar-refractivity contribution in [1.82, 2.24) is 0 Å². The molecular weight excluding hydrogens is 464 g/mol. The Balaban J connectivity index is 2.26. The van der Waals surface area contributed by atoms with Gasteiger partial charge in [-0.25, -0.2) is 0 Å². The average molecular weight is 501 g/mol. The molecule has 0 bridgehead atoms. The second-order valence-corrected chi connectivity index (χ2v) is 15.1. The maximum absolute atomic E-state index is 7.35. The van der Waals surface area contributed by atoms with Gasteiger partial charge < -0.3 is 0 Å². The van der Waals surface area contributed by atoms with Gasteiger partial charge in [0, 0.05) is 0 Å². The van der Waals surface area contributed by atoms with Crippen molar-refractivity contribution in [3.63, 3.8) is 0 Å². The van der Waals surface area contributed by atoms with Gasteiger partial charge in [0.1, 0.15) is 0 Å². The Morgan fingerprint density at radius 3 is 1.09 bits per heavy atom. The molecule has 0 saturated heterocycles. The van der Waals surface area contributed by atoms with E-state index >= 15 is 0 Å². The molecule has 4 nitrogen and oxygen atoms in total. The zero-order valence-corrected chi connectivity index (χ0v) is 22.6. The average Bonchev–Trinajstić information content (AvgIpc) is 2.89. The standard InChI is InChI=1S/C18H15OSi.3C3H7O.Ti/c19-20(16-10-4-1-5-11-16,17-12-6-2-7-13-17)18-14-8-3-9-15-18;3*1-2-3-4;/h1-15H;3*2-3H2,1H3;/q4*-1;+4. The van der Waals surface area contributed by atoms with E-state index in [2.05, 4.69) is 93.6 Å². The fraction of sp³-hybridized carbons (Fsp3) is 0.333. The van der Waals surface area contributed by atoms with E-state index in [4.69, 9.17) is 13.0 Å². The van der Waals surface area contributed by atoms with Gasteiger partial charge in [-0.2, -0.15) is 0 Å². The number of benzene rings is 3. The molecule has 0 amide bonds. The van der Waals surface area contributed by atoms with Gasteiger partial charge in [0.2, 0.25) is 0 Å². The summed E-state index contributed by atoms with van der Waals surface area (Å²) in [6.07, 6.45) is 2.62. The zero-order chi connectivity index (χ0) is 23.4. The van der Waals surface area contributed by atoms with Crippen molar-refractivity contribution >= 4 is 23.9 Å². The van der Waals surface area contributed by atoms with Gasteiger partial charge in [0.25, 0.3) is 0 Å². The monoisotopic (exact) mass is 500 g/mol. The van der Waals surface area contributed by atoms with Crippen LogP contribution in [0, 0.1) is 0 Å². The molecule has 0 radical (unpaired) electrons. The molecule has 176 valence electrons. The van der Waals surface area contributed by atoms with E-state index in [0.29, 0.717) is 19.8 Å². The molecular formula is C27H36O4SiTi. The molecule has 0 fully saturated rings. The van der Waals surface area contributed by atoms with E-state index in [1.165, 1.54) is 0 Å². The van der Waals surface area contributed by atoms with E-state index < -0.39 is 26.5 Å². The van der Waals surface area contributed by atoms with Gasteiger partial charge in [-0.05, 0) is 0 Å². The summed E-state index contributed by atoms with van der Waals surface area (Å²) in [7, 11) is -3.00. The van der Waals surface area contributed by atoms with Crippen molar-refractivity contribution in [2.75, 3.05) is 19.8 Å². The Kier molecular flexibility index (Phi) is 10.5. The van der Waals surface area contributed by atoms with Crippen molar-refractivity contribution in [1.29, 1.82) is 0 Å². The molecule has 3 aromatic carbocycles. The predicted octanol–water partition coefficient (Wildman–Crippen LogP) is 4.76. The first kappa shape index (κ1) is 26.0. The fourth-order valence-corrected chi connectivity index (χ4v) is 14.4. The van der Waals surface area contributed by atoms with Crippen LogP contribution < -0.4 is 15.6 Å². The molecule has 0 aliphatic heterocycles. The first-order valence-corrected chi connectivity index (χ1v) is 16.4. The van der Waals surface area contributed by atoms with E-state index in [9.17, 15) is 0 Å². The first-order chi connectivity index (χ1) is 16.2. The van der Waals surface area contributed by atoms with Crippen molar-refractivity contribution in [3.8, 4) is 0 Å². The summed E-state index contributed by atoms with van der Waals surface area (Å²) in [6.45, 7) is 7.96. The summed E-state index contributed by atoms with van der Waals surface area (Å²) >= 11 is -4.14. The molecule has 0 heterocycles. The van der Waals surface area contributed by atoms with Crippen LogP contribution in [0.5, 0.6) is 0 Å². The van der Waals surface area contributed by atoms with Crippen molar-refractivity contribution in [2.45, 2.75) is 40.0 Å². The molecule has 0 aliphatic carbocycles. The summed E-state index contributed by atoms with van der Waals surface area (Å²) in [5, 5.41) is 3.45. The third-order valence-corrected chi connectivity index (χ3v) is 14.5. The minimum absolute atomic E-state index is 0.552. The van der Waals surface area contributed by atoms with Gasteiger partial charge in [0.15, 0.2) is 0 Å². The summed E-state index contributed by atoms with van der Waals surface area (Å²) in [6, 6.07) is 31.6. The zero-order valence-electron chi connectivity index (χ0n) is 20.0. The Hall–Kier alpha value is -1.57. The molecule has 3 rings (SSSR count). The van der Waals surface area contributed by atoms with Crippen LogP contribution in [0.15, 0.2) is 91.0 Å². The van der Waals surface area contributed by atoms with Crippen molar-refractivity contribution in [2.24, 2.45) is 0 Å². The van der Waals surface area contributed by atoms with Crippen LogP contribution in [0.2, 0.25) is 0 Å². The van der Waals surface area contributed by atoms with Gasteiger partial charge in [-0.15, -0.1) is 0 Å². The van der Waals surface area contributed by atoms with Crippen LogP contribution in [-0.4, -0.2) is 28.1 Å². The fourth-order valence-electron chi connectivity index (χ4n) is 3.78. The second kappa shape index (κ2) is 13.4. The normalized spacial score (nSPS) is 12.1. The Labute approximate surface area is 205 Å². The molecule has 0 saturated carbocycles. The van der Waals surface area contributed by atoms with Gasteiger partial charge in [-0.1, -0.05) is 0 Å². The first-order valence-electron chi connectivity index (χ1n) is 12.0. The molecule has 0 atom stereocenters. The molecule has 0 N–H and O–H groups in total. The van der Waals surface area contributed by atoms with Crippen LogP contribution >= 0.6 is 0 Å². The molecule has 0 aromatic heterocycles. The second-order valence-electron chi connectivity index (χ2n) is 7.93. The van der Waals surface area contributed by atoms with Gasteiger partial charge >= 0.3 is 206 Å². The van der Waals surface area contributed by atoms with Crippen LogP contribution in [-0.2, 0) is 31.1 Å². The quantitative estimate of drug-likeness (QED) is 0.236. The summed E-state index contributed by atoms with van der Waals surface area (Å²) in [4.78, 5) is 0. The van der Waals surface area contributed by atoms with E-state index in [1.807, 2.05) is 18.2 Å².